The van der Waals surface area contributed by atoms with Crippen molar-refractivity contribution in [2.24, 2.45) is 0 Å². The van der Waals surface area contributed by atoms with Crippen LogP contribution in [0.15, 0.2) is 11.4 Å². The van der Waals surface area contributed by atoms with E-state index < -0.39 is 0 Å². The second-order valence-corrected chi connectivity index (χ2v) is 5.23. The van der Waals surface area contributed by atoms with Crippen LogP contribution >= 0.6 is 11.3 Å². The largest absolute Gasteiger partial charge is 0.371 e. The molecule has 0 N–H and O–H groups in total. The number of aldehydes is 1. The van der Waals surface area contributed by atoms with Crippen LogP contribution in [0.4, 0.5) is 5.69 Å². The van der Waals surface area contributed by atoms with Crippen molar-refractivity contribution in [3.63, 3.8) is 0 Å². The molecule has 18 heavy (non-hydrogen) atoms. The van der Waals surface area contributed by atoms with E-state index in [1.54, 1.807) is 0 Å². The lowest BCUT2D eigenvalue weighted by Gasteiger charge is -2.24. The fourth-order valence-electron chi connectivity index (χ4n) is 2.06. The van der Waals surface area contributed by atoms with Gasteiger partial charge in [0.05, 0.1) is 4.88 Å². The molecule has 0 aliphatic carbocycles. The van der Waals surface area contributed by atoms with E-state index in [1.165, 1.54) is 23.4 Å². The number of rotatable bonds is 9. The standard InChI is InChI=1S/C14H24N2OS/c1-4-15(5-2)8-7-9-16(6-3)13-10-14(11-17)18-12-13/h10-12H,4-9H2,1-3H3. The van der Waals surface area contributed by atoms with Gasteiger partial charge >= 0.3 is 0 Å². The van der Waals surface area contributed by atoms with Gasteiger partial charge in [0.25, 0.3) is 0 Å². The van der Waals surface area contributed by atoms with Gasteiger partial charge in [-0.1, -0.05) is 13.8 Å². The van der Waals surface area contributed by atoms with Crippen LogP contribution in [-0.4, -0.2) is 43.9 Å². The minimum Gasteiger partial charge on any atom is -0.371 e. The summed E-state index contributed by atoms with van der Waals surface area (Å²) in [4.78, 5) is 16.3. The highest BCUT2D eigenvalue weighted by Crippen LogP contribution is 2.22. The molecule has 4 heteroatoms. The van der Waals surface area contributed by atoms with Gasteiger partial charge in [0, 0.05) is 24.2 Å². The van der Waals surface area contributed by atoms with Gasteiger partial charge in [0.15, 0.2) is 6.29 Å². The Balaban J connectivity index is 2.44. The lowest BCUT2D eigenvalue weighted by atomic mass is 10.3. The maximum atomic E-state index is 10.7. The molecule has 1 aromatic rings. The average molecular weight is 268 g/mol. The van der Waals surface area contributed by atoms with Gasteiger partial charge < -0.3 is 9.80 Å². The summed E-state index contributed by atoms with van der Waals surface area (Å²) in [5.41, 5.74) is 1.18. The molecule has 0 unspecified atom stereocenters. The summed E-state index contributed by atoms with van der Waals surface area (Å²) in [6.07, 6.45) is 2.10. The van der Waals surface area contributed by atoms with Crippen LogP contribution in [-0.2, 0) is 0 Å². The van der Waals surface area contributed by atoms with Gasteiger partial charge in [0.1, 0.15) is 0 Å². The minimum atomic E-state index is 0.812. The molecule has 0 aromatic carbocycles. The second-order valence-electron chi connectivity index (χ2n) is 4.29. The molecule has 0 bridgehead atoms. The van der Waals surface area contributed by atoms with Crippen LogP contribution < -0.4 is 4.90 Å². The lowest BCUT2D eigenvalue weighted by molar-refractivity contribution is 0.112. The molecule has 0 amide bonds. The van der Waals surface area contributed by atoms with E-state index in [9.17, 15) is 4.79 Å². The summed E-state index contributed by atoms with van der Waals surface area (Å²) in [7, 11) is 0. The van der Waals surface area contributed by atoms with Crippen molar-refractivity contribution in [2.45, 2.75) is 27.2 Å². The van der Waals surface area contributed by atoms with Crippen molar-refractivity contribution in [3.8, 4) is 0 Å². The van der Waals surface area contributed by atoms with E-state index in [0.717, 1.165) is 43.9 Å². The number of anilines is 1. The van der Waals surface area contributed by atoms with Gasteiger partial charge in [-0.25, -0.2) is 0 Å². The highest BCUT2D eigenvalue weighted by atomic mass is 32.1. The molecule has 0 aliphatic rings. The monoisotopic (exact) mass is 268 g/mol. The van der Waals surface area contributed by atoms with Crippen molar-refractivity contribution in [2.75, 3.05) is 37.6 Å². The molecule has 1 heterocycles. The van der Waals surface area contributed by atoms with Crippen LogP contribution in [0, 0.1) is 0 Å². The highest BCUT2D eigenvalue weighted by molar-refractivity contribution is 7.12. The van der Waals surface area contributed by atoms with E-state index in [-0.39, 0.29) is 0 Å². The molecule has 0 atom stereocenters. The first kappa shape index (κ1) is 15.2. The zero-order valence-electron chi connectivity index (χ0n) is 11.7. The van der Waals surface area contributed by atoms with E-state index in [1.807, 2.05) is 6.07 Å². The average Bonchev–Trinajstić information content (AvgIpc) is 2.88. The number of nitrogens with zero attached hydrogens (tertiary/aromatic N) is 2. The van der Waals surface area contributed by atoms with Crippen molar-refractivity contribution in [1.82, 2.24) is 4.90 Å². The Morgan fingerprint density at radius 3 is 2.39 bits per heavy atom. The van der Waals surface area contributed by atoms with Crippen LogP contribution in [0.25, 0.3) is 0 Å². The second kappa shape index (κ2) is 8.27. The third kappa shape index (κ3) is 4.42. The minimum absolute atomic E-state index is 0.812. The van der Waals surface area contributed by atoms with Gasteiger partial charge in [0.2, 0.25) is 0 Å². The van der Waals surface area contributed by atoms with Gasteiger partial charge in [-0.05, 0) is 39.0 Å². The molecule has 3 nitrogen and oxygen atoms in total. The first-order valence-electron chi connectivity index (χ1n) is 6.76. The fourth-order valence-corrected chi connectivity index (χ4v) is 2.78. The summed E-state index contributed by atoms with van der Waals surface area (Å²) in [6.45, 7) is 12.0. The van der Waals surface area contributed by atoms with Crippen LogP contribution in [0.2, 0.25) is 0 Å². The number of hydrogen-bond acceptors (Lipinski definition) is 4. The van der Waals surface area contributed by atoms with E-state index in [2.05, 4.69) is 36.0 Å². The molecular formula is C14H24N2OS. The SMILES string of the molecule is CCN(CC)CCCN(CC)c1csc(C=O)c1. The predicted molar refractivity (Wildman–Crippen MR) is 80.0 cm³/mol. The first-order valence-corrected chi connectivity index (χ1v) is 7.64. The zero-order chi connectivity index (χ0) is 13.4. The van der Waals surface area contributed by atoms with Crippen molar-refractivity contribution in [3.05, 3.63) is 16.3 Å². The van der Waals surface area contributed by atoms with Crippen molar-refractivity contribution >= 4 is 23.3 Å². The molecule has 0 saturated heterocycles. The first-order chi connectivity index (χ1) is 8.74. The van der Waals surface area contributed by atoms with E-state index in [0.29, 0.717) is 0 Å². The van der Waals surface area contributed by atoms with Crippen LogP contribution in [0.1, 0.15) is 36.9 Å². The van der Waals surface area contributed by atoms with Crippen molar-refractivity contribution < 1.29 is 4.79 Å². The number of carbonyl (C=O) groups is 1. The Kier molecular flexibility index (Phi) is 6.98. The highest BCUT2D eigenvalue weighted by Gasteiger charge is 2.07. The van der Waals surface area contributed by atoms with E-state index in [4.69, 9.17) is 0 Å². The molecule has 102 valence electrons. The molecule has 0 radical (unpaired) electrons. The van der Waals surface area contributed by atoms with E-state index >= 15 is 0 Å². The lowest BCUT2D eigenvalue weighted by Crippen LogP contribution is -2.29. The predicted octanol–water partition coefficient (Wildman–Crippen LogP) is 3.12. The Labute approximate surface area is 114 Å². The summed E-state index contributed by atoms with van der Waals surface area (Å²) in [5.74, 6) is 0. The number of hydrogen-bond donors (Lipinski definition) is 0. The summed E-state index contributed by atoms with van der Waals surface area (Å²) < 4.78 is 0. The normalized spacial score (nSPS) is 10.9. The van der Waals surface area contributed by atoms with Crippen molar-refractivity contribution in [1.29, 1.82) is 0 Å². The van der Waals surface area contributed by atoms with Crippen LogP contribution in [0.3, 0.4) is 0 Å². The Morgan fingerprint density at radius 2 is 1.89 bits per heavy atom. The molecule has 1 aromatic heterocycles. The summed E-state index contributed by atoms with van der Waals surface area (Å²) in [5, 5.41) is 2.07. The van der Waals surface area contributed by atoms with Gasteiger partial charge in [-0.15, -0.1) is 11.3 Å². The molecular weight excluding hydrogens is 244 g/mol. The Hall–Kier alpha value is -0.870. The Bertz CT molecular complexity index is 347. The number of carbonyl (C=O) groups excluding carboxylic acids is 1. The third-order valence-electron chi connectivity index (χ3n) is 3.27. The fraction of sp³-hybridized carbons (Fsp3) is 0.643. The number of thiophene rings is 1. The Morgan fingerprint density at radius 1 is 1.17 bits per heavy atom. The van der Waals surface area contributed by atoms with Gasteiger partial charge in [-0.3, -0.25) is 4.79 Å². The summed E-state index contributed by atoms with van der Waals surface area (Å²) >= 11 is 1.52. The maximum absolute atomic E-state index is 10.7. The smallest absolute Gasteiger partial charge is 0.160 e. The molecule has 1 rings (SSSR count). The quantitative estimate of drug-likeness (QED) is 0.643. The zero-order valence-corrected chi connectivity index (χ0v) is 12.5. The molecule has 0 spiro atoms. The molecule has 0 aliphatic heterocycles. The molecule has 0 saturated carbocycles. The van der Waals surface area contributed by atoms with Gasteiger partial charge in [-0.2, -0.15) is 0 Å². The maximum Gasteiger partial charge on any atom is 0.160 e. The third-order valence-corrected chi connectivity index (χ3v) is 4.11. The molecule has 0 fully saturated rings. The van der Waals surface area contributed by atoms with Crippen LogP contribution in [0.5, 0.6) is 0 Å². The topological polar surface area (TPSA) is 23.6 Å². The summed E-state index contributed by atoms with van der Waals surface area (Å²) in [6, 6.07) is 1.98.